The Balaban J connectivity index is 2.29. The summed E-state index contributed by atoms with van der Waals surface area (Å²) < 4.78 is 34.5. The summed E-state index contributed by atoms with van der Waals surface area (Å²) in [6, 6.07) is 6.67. The van der Waals surface area contributed by atoms with E-state index in [0.29, 0.717) is 6.42 Å². The first-order chi connectivity index (χ1) is 9.95. The highest BCUT2D eigenvalue weighted by Gasteiger charge is 2.14. The van der Waals surface area contributed by atoms with Gasteiger partial charge in [0.05, 0.1) is 17.6 Å². The lowest BCUT2D eigenvalue weighted by Crippen LogP contribution is -2.12. The highest BCUT2D eigenvalue weighted by atomic mass is 32.2. The van der Waals surface area contributed by atoms with Gasteiger partial charge in [-0.05, 0) is 45.2 Å². The molecule has 1 aromatic rings. The van der Waals surface area contributed by atoms with E-state index < -0.39 is 10.1 Å². The smallest absolute Gasteiger partial charge is 0.296 e. The van der Waals surface area contributed by atoms with Crippen LogP contribution in [0.3, 0.4) is 0 Å². The van der Waals surface area contributed by atoms with Crippen molar-refractivity contribution >= 4 is 10.1 Å². The number of aryl methyl sites for hydroxylation is 1. The maximum Gasteiger partial charge on any atom is 0.296 e. The van der Waals surface area contributed by atoms with Gasteiger partial charge in [-0.15, -0.1) is 0 Å². The zero-order chi connectivity index (χ0) is 15.7. The Morgan fingerprint density at radius 2 is 1.76 bits per heavy atom. The molecule has 0 amide bonds. The quantitative estimate of drug-likeness (QED) is 0.488. The molecule has 1 unspecified atom stereocenters. The Kier molecular flexibility index (Phi) is 7.93. The third-order valence-corrected chi connectivity index (χ3v) is 4.53. The van der Waals surface area contributed by atoms with Gasteiger partial charge in [0, 0.05) is 6.61 Å². The van der Waals surface area contributed by atoms with Crippen molar-refractivity contribution < 1.29 is 17.3 Å². The minimum Gasteiger partial charge on any atom is -0.379 e. The molecule has 4 nitrogen and oxygen atoms in total. The monoisotopic (exact) mass is 314 g/mol. The summed E-state index contributed by atoms with van der Waals surface area (Å²) in [4.78, 5) is 0.209. The summed E-state index contributed by atoms with van der Waals surface area (Å²) in [5.74, 6) is 0. The van der Waals surface area contributed by atoms with E-state index in [9.17, 15) is 8.42 Å². The van der Waals surface area contributed by atoms with Gasteiger partial charge in [-0.1, -0.05) is 31.0 Å². The number of unbranched alkanes of at least 4 members (excludes halogenated alkanes) is 1. The highest BCUT2D eigenvalue weighted by Crippen LogP contribution is 2.14. The van der Waals surface area contributed by atoms with Gasteiger partial charge >= 0.3 is 0 Å². The fraction of sp³-hybridized carbons (Fsp3) is 0.625. The number of rotatable bonds is 10. The molecule has 0 radical (unpaired) electrons. The van der Waals surface area contributed by atoms with Crippen molar-refractivity contribution in [3.8, 4) is 0 Å². The molecule has 21 heavy (non-hydrogen) atoms. The standard InChI is InChI=1S/C16H26O4S/c1-4-5-12-19-15(3)7-6-13-20-21(17,18)16-10-8-14(2)9-11-16/h8-11,15H,4-7,12-13H2,1-3H3. The van der Waals surface area contributed by atoms with Crippen molar-refractivity contribution in [2.75, 3.05) is 13.2 Å². The molecule has 0 bridgehead atoms. The molecule has 0 aliphatic rings. The van der Waals surface area contributed by atoms with Gasteiger partial charge in [0.25, 0.3) is 10.1 Å². The van der Waals surface area contributed by atoms with Gasteiger partial charge in [-0.3, -0.25) is 4.18 Å². The van der Waals surface area contributed by atoms with Gasteiger partial charge in [0.2, 0.25) is 0 Å². The fourth-order valence-electron chi connectivity index (χ4n) is 1.82. The molecule has 0 aliphatic carbocycles. The van der Waals surface area contributed by atoms with E-state index in [2.05, 4.69) is 6.92 Å². The van der Waals surface area contributed by atoms with Crippen molar-refractivity contribution in [2.24, 2.45) is 0 Å². The minimum atomic E-state index is -3.64. The lowest BCUT2D eigenvalue weighted by Gasteiger charge is -2.12. The lowest BCUT2D eigenvalue weighted by atomic mass is 10.2. The zero-order valence-corrected chi connectivity index (χ0v) is 14.0. The summed E-state index contributed by atoms with van der Waals surface area (Å²) in [5, 5.41) is 0. The van der Waals surface area contributed by atoms with Crippen LogP contribution < -0.4 is 0 Å². The summed E-state index contributed by atoms with van der Waals surface area (Å²) in [7, 11) is -3.64. The predicted molar refractivity (Wildman–Crippen MR) is 83.9 cm³/mol. The van der Waals surface area contributed by atoms with Crippen LogP contribution in [-0.4, -0.2) is 27.7 Å². The van der Waals surface area contributed by atoms with Crippen LogP contribution in [0.2, 0.25) is 0 Å². The maximum atomic E-state index is 11.9. The SMILES string of the molecule is CCCCOC(C)CCCOS(=O)(=O)c1ccc(C)cc1. The van der Waals surface area contributed by atoms with Gasteiger partial charge in [-0.2, -0.15) is 8.42 Å². The first-order valence-electron chi connectivity index (χ1n) is 7.53. The van der Waals surface area contributed by atoms with E-state index >= 15 is 0 Å². The Morgan fingerprint density at radius 3 is 2.38 bits per heavy atom. The number of benzene rings is 1. The lowest BCUT2D eigenvalue weighted by molar-refractivity contribution is 0.0544. The average Bonchev–Trinajstić information content (AvgIpc) is 2.44. The van der Waals surface area contributed by atoms with E-state index in [-0.39, 0.29) is 17.6 Å². The molecule has 0 N–H and O–H groups in total. The fourth-order valence-corrected chi connectivity index (χ4v) is 2.77. The summed E-state index contributed by atoms with van der Waals surface area (Å²) >= 11 is 0. The molecule has 0 fully saturated rings. The first-order valence-corrected chi connectivity index (χ1v) is 8.94. The van der Waals surface area contributed by atoms with Gasteiger partial charge in [0.1, 0.15) is 0 Å². The second kappa shape index (κ2) is 9.18. The van der Waals surface area contributed by atoms with Gasteiger partial charge < -0.3 is 4.74 Å². The first kappa shape index (κ1) is 18.1. The van der Waals surface area contributed by atoms with Crippen LogP contribution in [0.1, 0.15) is 45.1 Å². The van der Waals surface area contributed by atoms with Crippen LogP contribution in [-0.2, 0) is 19.0 Å². The zero-order valence-electron chi connectivity index (χ0n) is 13.2. The van der Waals surface area contributed by atoms with Crippen molar-refractivity contribution in [2.45, 2.75) is 57.5 Å². The van der Waals surface area contributed by atoms with Crippen LogP contribution in [0.5, 0.6) is 0 Å². The molecule has 0 saturated carbocycles. The molecule has 1 rings (SSSR count). The van der Waals surface area contributed by atoms with E-state index in [0.717, 1.165) is 31.4 Å². The highest BCUT2D eigenvalue weighted by molar-refractivity contribution is 7.86. The van der Waals surface area contributed by atoms with E-state index in [1.54, 1.807) is 24.3 Å². The van der Waals surface area contributed by atoms with Gasteiger partial charge in [0.15, 0.2) is 0 Å². The predicted octanol–water partition coefficient (Wildman–Crippen LogP) is 3.69. The van der Waals surface area contributed by atoms with Crippen molar-refractivity contribution in [1.29, 1.82) is 0 Å². The van der Waals surface area contributed by atoms with Crippen LogP contribution in [0.15, 0.2) is 29.2 Å². The molecular formula is C16H26O4S. The molecule has 0 aliphatic heterocycles. The Morgan fingerprint density at radius 1 is 1.10 bits per heavy atom. The Labute approximate surface area is 128 Å². The normalized spacial score (nSPS) is 13.3. The van der Waals surface area contributed by atoms with Crippen LogP contribution in [0.25, 0.3) is 0 Å². The molecule has 0 spiro atoms. The largest absolute Gasteiger partial charge is 0.379 e. The third kappa shape index (κ3) is 7.07. The number of hydrogen-bond donors (Lipinski definition) is 0. The molecular weight excluding hydrogens is 288 g/mol. The molecule has 0 aromatic heterocycles. The third-order valence-electron chi connectivity index (χ3n) is 3.20. The van der Waals surface area contributed by atoms with Crippen LogP contribution >= 0.6 is 0 Å². The van der Waals surface area contributed by atoms with E-state index in [1.807, 2.05) is 13.8 Å². The average molecular weight is 314 g/mol. The van der Waals surface area contributed by atoms with E-state index in [4.69, 9.17) is 8.92 Å². The van der Waals surface area contributed by atoms with Crippen molar-refractivity contribution in [1.82, 2.24) is 0 Å². The molecule has 1 atom stereocenters. The van der Waals surface area contributed by atoms with Crippen molar-refractivity contribution in [3.05, 3.63) is 29.8 Å². The van der Waals surface area contributed by atoms with E-state index in [1.165, 1.54) is 0 Å². The second-order valence-electron chi connectivity index (χ2n) is 5.27. The summed E-state index contributed by atoms with van der Waals surface area (Å²) in [5.41, 5.74) is 1.02. The molecule has 1 aromatic carbocycles. The molecule has 120 valence electrons. The molecule has 0 heterocycles. The number of ether oxygens (including phenoxy) is 1. The molecule has 0 saturated heterocycles. The topological polar surface area (TPSA) is 52.6 Å². The summed E-state index contributed by atoms with van der Waals surface area (Å²) in [6.45, 7) is 7.00. The number of hydrogen-bond acceptors (Lipinski definition) is 4. The van der Waals surface area contributed by atoms with Crippen LogP contribution in [0.4, 0.5) is 0 Å². The second-order valence-corrected chi connectivity index (χ2v) is 6.88. The summed E-state index contributed by atoms with van der Waals surface area (Å²) in [6.07, 6.45) is 3.78. The Bertz CT molecular complexity index is 494. The van der Waals surface area contributed by atoms with Crippen LogP contribution in [0, 0.1) is 6.92 Å². The molecule has 5 heteroatoms. The maximum absolute atomic E-state index is 11.9. The van der Waals surface area contributed by atoms with Gasteiger partial charge in [-0.25, -0.2) is 0 Å². The van der Waals surface area contributed by atoms with Crippen molar-refractivity contribution in [3.63, 3.8) is 0 Å². The Hall–Kier alpha value is -0.910. The minimum absolute atomic E-state index is 0.141.